The van der Waals surface area contributed by atoms with Crippen molar-refractivity contribution in [3.8, 4) is 50.6 Å². The average Bonchev–Trinajstić information content (AvgIpc) is 3.01. The number of alkyl halides is 5. The van der Waals surface area contributed by atoms with E-state index in [1.807, 2.05) is 6.92 Å². The molecule has 0 radical (unpaired) electrons. The van der Waals surface area contributed by atoms with Crippen molar-refractivity contribution in [3.63, 3.8) is 0 Å². The fraction of sp³-hybridized carbons (Fsp3) is 0.167. The number of benzene rings is 5. The van der Waals surface area contributed by atoms with Gasteiger partial charge in [0.15, 0.2) is 11.6 Å². The number of rotatable bonds is 11. The lowest BCUT2D eigenvalue weighted by molar-refractivity contribution is -0.275. The van der Waals surface area contributed by atoms with Gasteiger partial charge in [-0.05, 0) is 83.3 Å². The van der Waals surface area contributed by atoms with E-state index >= 15 is 22.0 Å². The number of unbranched alkanes of at least 4 members (excludes halogenated alkanes) is 1. The van der Waals surface area contributed by atoms with Gasteiger partial charge < -0.3 is 14.2 Å². The lowest BCUT2D eigenvalue weighted by Crippen LogP contribution is -2.25. The standard InChI is InChI=1S/C36H24F10O3/c1-2-3-14-47-24-8-4-20(5-9-24)21-6-11-27(28(37)15-21)23-17-31(40)34(32(41)18-23)35(42,43)48-25-10-12-26(29(38)19-25)22-7-13-33(30(39)16-22)49-36(44,45)46/h4-13,15-19H,2-3,14H2,1H3. The number of hydrogen-bond acceptors (Lipinski definition) is 3. The summed E-state index contributed by atoms with van der Waals surface area (Å²) >= 11 is 0. The van der Waals surface area contributed by atoms with Gasteiger partial charge in [-0.15, -0.1) is 13.2 Å². The van der Waals surface area contributed by atoms with E-state index in [0.717, 1.165) is 37.1 Å². The summed E-state index contributed by atoms with van der Waals surface area (Å²) in [6.07, 6.45) is -8.03. The van der Waals surface area contributed by atoms with E-state index in [2.05, 4.69) is 9.47 Å². The molecule has 0 atom stereocenters. The second-order valence-corrected chi connectivity index (χ2v) is 10.7. The van der Waals surface area contributed by atoms with Crippen LogP contribution in [0.3, 0.4) is 0 Å². The number of halogens is 10. The minimum absolute atomic E-state index is 0.274. The summed E-state index contributed by atoms with van der Waals surface area (Å²) in [6, 6.07) is 15.7. The third-order valence-electron chi connectivity index (χ3n) is 7.22. The van der Waals surface area contributed by atoms with Crippen LogP contribution in [0, 0.1) is 29.1 Å². The minimum Gasteiger partial charge on any atom is -0.494 e. The van der Waals surface area contributed by atoms with Crippen molar-refractivity contribution in [2.24, 2.45) is 0 Å². The Morgan fingerprint density at radius 2 is 1.04 bits per heavy atom. The molecule has 13 heteroatoms. The van der Waals surface area contributed by atoms with Crippen LogP contribution in [0.25, 0.3) is 33.4 Å². The molecule has 0 bridgehead atoms. The summed E-state index contributed by atoms with van der Waals surface area (Å²) in [4.78, 5) is 0. The summed E-state index contributed by atoms with van der Waals surface area (Å²) in [6.45, 7) is 2.58. The number of ether oxygens (including phenoxy) is 3. The molecule has 0 amide bonds. The van der Waals surface area contributed by atoms with E-state index < -0.39 is 64.2 Å². The van der Waals surface area contributed by atoms with Gasteiger partial charge in [0.1, 0.15) is 40.3 Å². The second kappa shape index (κ2) is 14.1. The van der Waals surface area contributed by atoms with Gasteiger partial charge in [-0.2, -0.15) is 8.78 Å². The molecule has 0 heterocycles. The van der Waals surface area contributed by atoms with Crippen molar-refractivity contribution >= 4 is 0 Å². The quantitative estimate of drug-likeness (QED) is 0.102. The Balaban J connectivity index is 1.33. The lowest BCUT2D eigenvalue weighted by Gasteiger charge is -2.20. The first-order chi connectivity index (χ1) is 23.1. The molecule has 0 saturated carbocycles. The predicted octanol–water partition coefficient (Wildman–Crippen LogP) is 11.6. The highest BCUT2D eigenvalue weighted by molar-refractivity contribution is 5.72. The summed E-state index contributed by atoms with van der Waals surface area (Å²) in [5.41, 5.74) is -2.12. The Hall–Kier alpha value is -5.20. The van der Waals surface area contributed by atoms with Gasteiger partial charge in [-0.3, -0.25) is 0 Å². The summed E-state index contributed by atoms with van der Waals surface area (Å²) in [7, 11) is 0. The molecule has 5 aromatic rings. The maximum Gasteiger partial charge on any atom is 0.573 e. The van der Waals surface area contributed by atoms with Crippen molar-refractivity contribution in [3.05, 3.63) is 126 Å². The molecule has 49 heavy (non-hydrogen) atoms. The predicted molar refractivity (Wildman–Crippen MR) is 161 cm³/mol. The van der Waals surface area contributed by atoms with E-state index in [-0.39, 0.29) is 16.7 Å². The molecular formula is C36H24F10O3. The summed E-state index contributed by atoms with van der Waals surface area (Å²) in [5.74, 6) is -8.64. The fourth-order valence-corrected chi connectivity index (χ4v) is 4.88. The molecule has 3 nitrogen and oxygen atoms in total. The van der Waals surface area contributed by atoms with Gasteiger partial charge in [0.05, 0.1) is 6.61 Å². The average molecular weight is 695 g/mol. The first-order valence-corrected chi connectivity index (χ1v) is 14.6. The fourth-order valence-electron chi connectivity index (χ4n) is 4.88. The summed E-state index contributed by atoms with van der Waals surface area (Å²) < 4.78 is 155. The molecule has 0 aliphatic rings. The zero-order valence-electron chi connectivity index (χ0n) is 25.3. The highest BCUT2D eigenvalue weighted by atomic mass is 19.4. The van der Waals surface area contributed by atoms with Crippen LogP contribution in [-0.4, -0.2) is 13.0 Å². The Labute approximate surface area is 273 Å². The van der Waals surface area contributed by atoms with Crippen LogP contribution in [0.1, 0.15) is 25.3 Å². The summed E-state index contributed by atoms with van der Waals surface area (Å²) in [5, 5.41) is 0. The normalized spacial score (nSPS) is 11.8. The second-order valence-electron chi connectivity index (χ2n) is 10.7. The van der Waals surface area contributed by atoms with Crippen molar-refractivity contribution < 1.29 is 58.1 Å². The molecule has 5 rings (SSSR count). The lowest BCUT2D eigenvalue weighted by atomic mass is 9.98. The topological polar surface area (TPSA) is 27.7 Å². The Bertz CT molecular complexity index is 1930. The zero-order chi connectivity index (χ0) is 35.5. The zero-order valence-corrected chi connectivity index (χ0v) is 25.3. The molecule has 256 valence electrons. The molecule has 0 N–H and O–H groups in total. The van der Waals surface area contributed by atoms with Crippen molar-refractivity contribution in [2.45, 2.75) is 32.2 Å². The van der Waals surface area contributed by atoms with Crippen LogP contribution in [0.5, 0.6) is 17.2 Å². The van der Waals surface area contributed by atoms with Crippen LogP contribution in [0.15, 0.2) is 91.0 Å². The first-order valence-electron chi connectivity index (χ1n) is 14.6. The molecule has 0 aliphatic heterocycles. The number of hydrogen-bond donors (Lipinski definition) is 0. The smallest absolute Gasteiger partial charge is 0.494 e. The molecule has 0 fully saturated rings. The van der Waals surface area contributed by atoms with Crippen molar-refractivity contribution in [1.29, 1.82) is 0 Å². The van der Waals surface area contributed by atoms with Gasteiger partial charge in [0.2, 0.25) is 0 Å². The van der Waals surface area contributed by atoms with Crippen LogP contribution < -0.4 is 14.2 Å². The van der Waals surface area contributed by atoms with E-state index in [1.165, 1.54) is 12.1 Å². The molecule has 0 saturated heterocycles. The maximum absolute atomic E-state index is 15.1. The molecule has 0 aromatic heterocycles. The van der Waals surface area contributed by atoms with Gasteiger partial charge >= 0.3 is 12.5 Å². The first kappa shape index (κ1) is 35.1. The van der Waals surface area contributed by atoms with E-state index in [0.29, 0.717) is 53.8 Å². The van der Waals surface area contributed by atoms with Gasteiger partial charge in [0.25, 0.3) is 0 Å². The van der Waals surface area contributed by atoms with Crippen molar-refractivity contribution in [1.82, 2.24) is 0 Å². The van der Waals surface area contributed by atoms with Crippen LogP contribution in [0.4, 0.5) is 43.9 Å². The Kier molecular flexibility index (Phi) is 10.1. The molecule has 0 unspecified atom stereocenters. The third kappa shape index (κ3) is 8.27. The van der Waals surface area contributed by atoms with E-state index in [9.17, 15) is 22.0 Å². The van der Waals surface area contributed by atoms with Crippen LogP contribution in [0.2, 0.25) is 0 Å². The molecule has 0 aliphatic carbocycles. The SMILES string of the molecule is CCCCOc1ccc(-c2ccc(-c3cc(F)c(C(F)(F)Oc4ccc(-c5ccc(OC(F)(F)F)c(F)c5)c(F)c4)c(F)c3)c(F)c2)cc1. The molecular weight excluding hydrogens is 670 g/mol. The van der Waals surface area contributed by atoms with Crippen LogP contribution >= 0.6 is 0 Å². The largest absolute Gasteiger partial charge is 0.573 e. The van der Waals surface area contributed by atoms with E-state index in [1.54, 1.807) is 24.3 Å². The highest BCUT2D eigenvalue weighted by Crippen LogP contribution is 2.39. The highest BCUT2D eigenvalue weighted by Gasteiger charge is 2.41. The maximum atomic E-state index is 15.1. The van der Waals surface area contributed by atoms with Gasteiger partial charge in [0, 0.05) is 17.2 Å². The Morgan fingerprint density at radius 1 is 0.510 bits per heavy atom. The Morgan fingerprint density at radius 3 is 1.63 bits per heavy atom. The third-order valence-corrected chi connectivity index (χ3v) is 7.22. The van der Waals surface area contributed by atoms with E-state index in [4.69, 9.17) is 4.74 Å². The minimum atomic E-state index is -5.18. The van der Waals surface area contributed by atoms with Gasteiger partial charge in [-0.1, -0.05) is 43.7 Å². The molecule has 5 aromatic carbocycles. The monoisotopic (exact) mass is 694 g/mol. The van der Waals surface area contributed by atoms with Crippen molar-refractivity contribution in [2.75, 3.05) is 6.61 Å². The molecule has 0 spiro atoms. The van der Waals surface area contributed by atoms with Gasteiger partial charge in [-0.25, -0.2) is 22.0 Å². The van der Waals surface area contributed by atoms with Crippen LogP contribution in [-0.2, 0) is 6.11 Å².